The first-order valence-corrected chi connectivity index (χ1v) is 10.4. The molecule has 1 amide bonds. The van der Waals surface area contributed by atoms with Crippen molar-refractivity contribution in [1.82, 2.24) is 19.6 Å². The number of amides is 1. The van der Waals surface area contributed by atoms with Crippen LogP contribution in [0, 0.1) is 5.41 Å². The summed E-state index contributed by atoms with van der Waals surface area (Å²) in [6.07, 6.45) is 0.611. The summed E-state index contributed by atoms with van der Waals surface area (Å²) in [5.74, 6) is -1.80. The molecule has 5 rings (SSSR count). The van der Waals surface area contributed by atoms with Crippen molar-refractivity contribution in [2.75, 3.05) is 17.3 Å². The standard InChI is InChI=1S/C20H16ClF3N8O2/c21-14-6-15-26-9-12-11(7-19(1-4-34-19)16(12)32(15)31-14)18(33)29-10-5-13(20(22,23)24)17(27-8-10)30-28-3-2-25/h2-3,5-6,8-9,11,25H,1,4,7H2,(H,27,30)(H,29,33)/b25-2?,28-3-/t11-,19+/m0/s1. The fourth-order valence-corrected chi connectivity index (χ4v) is 4.47. The van der Waals surface area contributed by atoms with Crippen molar-refractivity contribution in [2.45, 2.75) is 30.5 Å². The van der Waals surface area contributed by atoms with Crippen LogP contribution in [-0.4, -0.2) is 44.5 Å². The summed E-state index contributed by atoms with van der Waals surface area (Å²) in [5.41, 5.74) is 1.92. The number of anilines is 2. The lowest BCUT2D eigenvalue weighted by molar-refractivity contribution is -0.159. The molecule has 14 heteroatoms. The number of alkyl halides is 3. The van der Waals surface area contributed by atoms with Gasteiger partial charge in [0, 0.05) is 30.5 Å². The molecule has 3 aromatic rings. The van der Waals surface area contributed by atoms with Gasteiger partial charge >= 0.3 is 6.18 Å². The highest BCUT2D eigenvalue weighted by atomic mass is 35.5. The number of halogens is 4. The SMILES string of the molecule is N=C/C=N\Nc1ncc(NC(=O)[C@H]2C[C@]3(CCO3)c3c2cnc2cc(Cl)nn32)cc1C(F)(F)F. The molecule has 3 aromatic heterocycles. The topological polar surface area (TPSA) is 130 Å². The molecule has 1 aliphatic carbocycles. The van der Waals surface area contributed by atoms with Crippen molar-refractivity contribution >= 4 is 47.1 Å². The number of hydrogen-bond donors (Lipinski definition) is 3. The molecule has 0 unspecified atom stereocenters. The van der Waals surface area contributed by atoms with Crippen LogP contribution in [-0.2, 0) is 21.3 Å². The average Bonchev–Trinajstić information content (AvgIpc) is 3.31. The first-order valence-electron chi connectivity index (χ1n) is 10.1. The van der Waals surface area contributed by atoms with Gasteiger partial charge in [0.2, 0.25) is 5.91 Å². The summed E-state index contributed by atoms with van der Waals surface area (Å²) in [6.45, 7) is 0.514. The van der Waals surface area contributed by atoms with Crippen LogP contribution < -0.4 is 10.7 Å². The third kappa shape index (κ3) is 3.66. The molecular formula is C20H16ClF3N8O2. The highest BCUT2D eigenvalue weighted by Crippen LogP contribution is 2.53. The molecule has 4 heterocycles. The van der Waals surface area contributed by atoms with E-state index >= 15 is 0 Å². The second kappa shape index (κ2) is 8.02. The third-order valence-corrected chi connectivity index (χ3v) is 5.99. The van der Waals surface area contributed by atoms with Crippen molar-refractivity contribution in [2.24, 2.45) is 5.10 Å². The monoisotopic (exact) mass is 492 g/mol. The van der Waals surface area contributed by atoms with Gasteiger partial charge in [0.25, 0.3) is 0 Å². The second-order valence-electron chi connectivity index (χ2n) is 7.81. The summed E-state index contributed by atoms with van der Waals surface area (Å²) < 4.78 is 48.1. The summed E-state index contributed by atoms with van der Waals surface area (Å²) in [7, 11) is 0. The number of fused-ring (bicyclic) bond motifs is 4. The van der Waals surface area contributed by atoms with Crippen molar-refractivity contribution < 1.29 is 22.7 Å². The van der Waals surface area contributed by atoms with Crippen LogP contribution in [0.2, 0.25) is 5.15 Å². The van der Waals surface area contributed by atoms with E-state index < -0.39 is 35.0 Å². The van der Waals surface area contributed by atoms with Crippen LogP contribution in [0.15, 0.2) is 29.6 Å². The molecule has 0 bridgehead atoms. The number of hydrazone groups is 1. The number of pyridine rings is 1. The van der Waals surface area contributed by atoms with Crippen LogP contribution in [0.25, 0.3) is 5.65 Å². The van der Waals surface area contributed by atoms with Crippen LogP contribution >= 0.6 is 11.6 Å². The minimum absolute atomic E-state index is 0.132. The zero-order chi connectivity index (χ0) is 24.1. The van der Waals surface area contributed by atoms with Gasteiger partial charge in [-0.2, -0.15) is 23.4 Å². The van der Waals surface area contributed by atoms with Gasteiger partial charge in [-0.05, 0) is 12.5 Å². The number of rotatable bonds is 5. The number of carbonyl (C=O) groups is 1. The molecule has 1 saturated heterocycles. The summed E-state index contributed by atoms with van der Waals surface area (Å²) in [5, 5.41) is 17.3. The molecule has 0 radical (unpaired) electrons. The van der Waals surface area contributed by atoms with Crippen LogP contribution in [0.1, 0.15) is 35.6 Å². The predicted octanol–water partition coefficient (Wildman–Crippen LogP) is 3.59. The Balaban J connectivity index is 1.46. The minimum Gasteiger partial charge on any atom is -0.368 e. The summed E-state index contributed by atoms with van der Waals surface area (Å²) in [4.78, 5) is 21.2. The Labute approximate surface area is 194 Å². The number of hydrogen-bond acceptors (Lipinski definition) is 8. The molecule has 1 spiro atoms. The van der Waals surface area contributed by atoms with Gasteiger partial charge < -0.3 is 15.5 Å². The molecule has 0 saturated carbocycles. The quantitative estimate of drug-likeness (QED) is 0.369. The maximum atomic E-state index is 13.5. The van der Waals surface area contributed by atoms with Crippen molar-refractivity contribution in [3.8, 4) is 0 Å². The zero-order valence-corrected chi connectivity index (χ0v) is 18.0. The first kappa shape index (κ1) is 22.2. The first-order chi connectivity index (χ1) is 16.2. The number of nitrogens with one attached hydrogen (secondary N) is 3. The van der Waals surface area contributed by atoms with Crippen LogP contribution in [0.3, 0.4) is 0 Å². The van der Waals surface area contributed by atoms with E-state index in [1.807, 2.05) is 0 Å². The lowest BCUT2D eigenvalue weighted by atomic mass is 9.90. The van der Waals surface area contributed by atoms with E-state index in [1.165, 1.54) is 0 Å². The molecule has 0 aromatic carbocycles. The van der Waals surface area contributed by atoms with Gasteiger partial charge in [0.15, 0.2) is 16.6 Å². The van der Waals surface area contributed by atoms with E-state index in [4.69, 9.17) is 21.7 Å². The van der Waals surface area contributed by atoms with Gasteiger partial charge in [-0.15, -0.1) is 0 Å². The molecule has 176 valence electrons. The van der Waals surface area contributed by atoms with E-state index in [1.54, 1.807) is 16.8 Å². The molecule has 3 N–H and O–H groups in total. The molecular weight excluding hydrogens is 477 g/mol. The Kier molecular flexibility index (Phi) is 5.24. The van der Waals surface area contributed by atoms with E-state index in [9.17, 15) is 18.0 Å². The zero-order valence-electron chi connectivity index (χ0n) is 17.2. The third-order valence-electron chi connectivity index (χ3n) is 5.80. The average molecular weight is 493 g/mol. The van der Waals surface area contributed by atoms with Gasteiger partial charge in [0.05, 0.1) is 36.3 Å². The Morgan fingerprint density at radius 2 is 2.15 bits per heavy atom. The molecule has 2 atom stereocenters. The van der Waals surface area contributed by atoms with Gasteiger partial charge in [0.1, 0.15) is 11.2 Å². The summed E-state index contributed by atoms with van der Waals surface area (Å²) in [6, 6.07) is 2.36. The molecule has 34 heavy (non-hydrogen) atoms. The van der Waals surface area contributed by atoms with E-state index in [0.717, 1.165) is 24.7 Å². The van der Waals surface area contributed by atoms with E-state index in [0.29, 0.717) is 36.4 Å². The molecule has 2 aliphatic rings. The largest absolute Gasteiger partial charge is 0.420 e. The van der Waals surface area contributed by atoms with Gasteiger partial charge in [-0.1, -0.05) is 11.6 Å². The Bertz CT molecular complexity index is 1340. The fraction of sp³-hybridized carbons (Fsp3) is 0.300. The number of aromatic nitrogens is 4. The Hall–Kier alpha value is -3.58. The summed E-state index contributed by atoms with van der Waals surface area (Å²) >= 11 is 6.03. The van der Waals surface area contributed by atoms with Gasteiger partial charge in [-0.3, -0.25) is 10.2 Å². The van der Waals surface area contributed by atoms with Crippen molar-refractivity contribution in [3.05, 3.63) is 46.5 Å². The van der Waals surface area contributed by atoms with Crippen LogP contribution in [0.5, 0.6) is 0 Å². The van der Waals surface area contributed by atoms with E-state index in [-0.39, 0.29) is 10.8 Å². The van der Waals surface area contributed by atoms with Crippen molar-refractivity contribution in [3.63, 3.8) is 0 Å². The minimum atomic E-state index is -4.76. The molecule has 1 aliphatic heterocycles. The normalized spacial score (nSPS) is 21.6. The lowest BCUT2D eigenvalue weighted by Crippen LogP contribution is -2.40. The Morgan fingerprint density at radius 3 is 2.82 bits per heavy atom. The number of carbonyl (C=O) groups excluding carboxylic acids is 1. The fourth-order valence-electron chi connectivity index (χ4n) is 4.30. The Morgan fingerprint density at radius 1 is 1.35 bits per heavy atom. The highest BCUT2D eigenvalue weighted by molar-refractivity contribution is 6.29. The predicted molar refractivity (Wildman–Crippen MR) is 116 cm³/mol. The number of ether oxygens (including phenoxy) is 1. The molecule has 10 nitrogen and oxygen atoms in total. The maximum Gasteiger partial charge on any atom is 0.420 e. The highest BCUT2D eigenvalue weighted by Gasteiger charge is 2.53. The van der Waals surface area contributed by atoms with Crippen LogP contribution in [0.4, 0.5) is 24.7 Å². The maximum absolute atomic E-state index is 13.5. The second-order valence-corrected chi connectivity index (χ2v) is 8.20. The van der Waals surface area contributed by atoms with Gasteiger partial charge in [-0.25, -0.2) is 14.5 Å². The lowest BCUT2D eigenvalue weighted by Gasteiger charge is -2.39. The van der Waals surface area contributed by atoms with Crippen molar-refractivity contribution in [1.29, 1.82) is 5.41 Å². The molecule has 1 fully saturated rings. The van der Waals surface area contributed by atoms with E-state index in [2.05, 4.69) is 30.9 Å². The number of nitrogens with zero attached hydrogens (tertiary/aromatic N) is 5. The smallest absolute Gasteiger partial charge is 0.368 e.